The molecule has 1 unspecified atom stereocenters. The largest absolute Gasteiger partial charge is 0.496 e. The van der Waals surface area contributed by atoms with Gasteiger partial charge in [-0.15, -0.1) is 0 Å². The van der Waals surface area contributed by atoms with Gasteiger partial charge in [0.2, 0.25) is 0 Å². The molecule has 3 nitrogen and oxygen atoms in total. The number of nitrogens with zero attached hydrogens (tertiary/aromatic N) is 1. The van der Waals surface area contributed by atoms with Crippen molar-refractivity contribution in [2.24, 2.45) is 0 Å². The summed E-state index contributed by atoms with van der Waals surface area (Å²) in [5.41, 5.74) is 1.21. The van der Waals surface area contributed by atoms with E-state index in [1.807, 2.05) is 18.2 Å². The molecule has 0 radical (unpaired) electrons. The van der Waals surface area contributed by atoms with Crippen LogP contribution in [0.2, 0.25) is 0 Å². The minimum absolute atomic E-state index is 0.477. The summed E-state index contributed by atoms with van der Waals surface area (Å²) >= 11 is 0. The molecule has 96 valence electrons. The lowest BCUT2D eigenvalue weighted by molar-refractivity contribution is 0.308. The molecule has 0 aliphatic heterocycles. The average Bonchev–Trinajstić information content (AvgIpc) is 2.36. The number of benzene rings is 1. The minimum atomic E-state index is 0.477. The number of hydrogen-bond acceptors (Lipinski definition) is 3. The maximum Gasteiger partial charge on any atom is 0.123 e. The van der Waals surface area contributed by atoms with Gasteiger partial charge in [-0.1, -0.05) is 25.1 Å². The molecule has 0 heterocycles. The van der Waals surface area contributed by atoms with Gasteiger partial charge < -0.3 is 15.0 Å². The Kier molecular flexibility index (Phi) is 6.01. The molecule has 0 saturated carbocycles. The number of hydrogen-bond donors (Lipinski definition) is 1. The fourth-order valence-corrected chi connectivity index (χ4v) is 1.79. The zero-order chi connectivity index (χ0) is 12.7. The van der Waals surface area contributed by atoms with E-state index in [2.05, 4.69) is 37.2 Å². The van der Waals surface area contributed by atoms with Crippen LogP contribution >= 0.6 is 0 Å². The lowest BCUT2D eigenvalue weighted by atomic mass is 10.2. The van der Waals surface area contributed by atoms with Gasteiger partial charge in [0, 0.05) is 24.7 Å². The number of likely N-dealkylation sites (N-methyl/N-ethyl adjacent to an activating group) is 1. The summed E-state index contributed by atoms with van der Waals surface area (Å²) in [6.45, 7) is 7.38. The summed E-state index contributed by atoms with van der Waals surface area (Å²) in [4.78, 5) is 2.31. The van der Waals surface area contributed by atoms with Gasteiger partial charge in [-0.25, -0.2) is 0 Å². The van der Waals surface area contributed by atoms with Gasteiger partial charge in [0.25, 0.3) is 0 Å². The molecule has 0 aromatic heterocycles. The molecule has 1 N–H and O–H groups in total. The first-order valence-electron chi connectivity index (χ1n) is 6.21. The van der Waals surface area contributed by atoms with Crippen LogP contribution in [0.5, 0.6) is 5.75 Å². The van der Waals surface area contributed by atoms with Crippen molar-refractivity contribution in [2.45, 2.75) is 26.4 Å². The molecular weight excluding hydrogens is 212 g/mol. The Morgan fingerprint density at radius 3 is 2.71 bits per heavy atom. The second-order valence-corrected chi connectivity index (χ2v) is 4.45. The van der Waals surface area contributed by atoms with E-state index < -0.39 is 0 Å². The van der Waals surface area contributed by atoms with Gasteiger partial charge in [0.05, 0.1) is 7.11 Å². The van der Waals surface area contributed by atoms with Crippen molar-refractivity contribution in [3.05, 3.63) is 29.8 Å². The van der Waals surface area contributed by atoms with Gasteiger partial charge >= 0.3 is 0 Å². The average molecular weight is 236 g/mol. The van der Waals surface area contributed by atoms with E-state index in [9.17, 15) is 0 Å². The van der Waals surface area contributed by atoms with Gasteiger partial charge in [-0.3, -0.25) is 0 Å². The minimum Gasteiger partial charge on any atom is -0.496 e. The van der Waals surface area contributed by atoms with E-state index in [0.717, 1.165) is 25.4 Å². The summed E-state index contributed by atoms with van der Waals surface area (Å²) in [7, 11) is 3.86. The van der Waals surface area contributed by atoms with Crippen molar-refractivity contribution >= 4 is 0 Å². The monoisotopic (exact) mass is 236 g/mol. The fourth-order valence-electron chi connectivity index (χ4n) is 1.79. The fraction of sp³-hybridized carbons (Fsp3) is 0.571. The van der Waals surface area contributed by atoms with Crippen molar-refractivity contribution in [1.29, 1.82) is 0 Å². The second kappa shape index (κ2) is 7.30. The van der Waals surface area contributed by atoms with Crippen LogP contribution in [0.1, 0.15) is 19.4 Å². The molecule has 1 rings (SSSR count). The molecule has 0 saturated heterocycles. The van der Waals surface area contributed by atoms with Crippen LogP contribution in [-0.4, -0.2) is 38.2 Å². The number of rotatable bonds is 7. The summed E-state index contributed by atoms with van der Waals surface area (Å²) in [5, 5.41) is 3.52. The first kappa shape index (κ1) is 14.0. The van der Waals surface area contributed by atoms with Gasteiger partial charge in [-0.05, 0) is 26.6 Å². The van der Waals surface area contributed by atoms with E-state index in [1.165, 1.54) is 5.56 Å². The predicted molar refractivity (Wildman–Crippen MR) is 72.5 cm³/mol. The SMILES string of the molecule is CCN(C)CC(C)NCc1ccccc1OC. The summed E-state index contributed by atoms with van der Waals surface area (Å²) in [6.07, 6.45) is 0. The van der Waals surface area contributed by atoms with Crippen LogP contribution in [0.25, 0.3) is 0 Å². The van der Waals surface area contributed by atoms with Crippen LogP contribution < -0.4 is 10.1 Å². The third-order valence-corrected chi connectivity index (χ3v) is 2.96. The van der Waals surface area contributed by atoms with Crippen LogP contribution in [0.4, 0.5) is 0 Å². The Bertz CT molecular complexity index is 328. The van der Waals surface area contributed by atoms with Crippen LogP contribution in [0.3, 0.4) is 0 Å². The lowest BCUT2D eigenvalue weighted by Crippen LogP contribution is -2.36. The van der Waals surface area contributed by atoms with Crippen molar-refractivity contribution < 1.29 is 4.74 Å². The highest BCUT2D eigenvalue weighted by molar-refractivity contribution is 5.32. The van der Waals surface area contributed by atoms with E-state index in [-0.39, 0.29) is 0 Å². The molecule has 1 atom stereocenters. The zero-order valence-corrected chi connectivity index (χ0v) is 11.4. The van der Waals surface area contributed by atoms with E-state index in [1.54, 1.807) is 7.11 Å². The molecule has 0 fully saturated rings. The van der Waals surface area contributed by atoms with E-state index in [4.69, 9.17) is 4.74 Å². The van der Waals surface area contributed by atoms with Crippen molar-refractivity contribution in [3.8, 4) is 5.75 Å². The normalized spacial score (nSPS) is 12.8. The number of nitrogens with one attached hydrogen (secondary N) is 1. The Labute approximate surface area is 105 Å². The predicted octanol–water partition coefficient (Wildman–Crippen LogP) is 2.12. The van der Waals surface area contributed by atoms with E-state index >= 15 is 0 Å². The highest BCUT2D eigenvalue weighted by Gasteiger charge is 2.06. The quantitative estimate of drug-likeness (QED) is 0.785. The standard InChI is InChI=1S/C14H24N2O/c1-5-16(3)11-12(2)15-10-13-8-6-7-9-14(13)17-4/h6-9,12,15H,5,10-11H2,1-4H3. The van der Waals surface area contributed by atoms with Crippen molar-refractivity contribution in [2.75, 3.05) is 27.2 Å². The molecule has 0 aliphatic carbocycles. The molecule has 0 spiro atoms. The summed E-state index contributed by atoms with van der Waals surface area (Å²) in [6, 6.07) is 8.62. The molecular formula is C14H24N2O. The molecule has 0 bridgehead atoms. The molecule has 17 heavy (non-hydrogen) atoms. The topological polar surface area (TPSA) is 24.5 Å². The smallest absolute Gasteiger partial charge is 0.123 e. The summed E-state index contributed by atoms with van der Waals surface area (Å²) < 4.78 is 5.33. The number of ether oxygens (including phenoxy) is 1. The highest BCUT2D eigenvalue weighted by atomic mass is 16.5. The van der Waals surface area contributed by atoms with Crippen LogP contribution in [0.15, 0.2) is 24.3 Å². The number of para-hydroxylation sites is 1. The summed E-state index contributed by atoms with van der Waals surface area (Å²) in [5.74, 6) is 0.955. The van der Waals surface area contributed by atoms with Crippen LogP contribution in [0, 0.1) is 0 Å². The van der Waals surface area contributed by atoms with Crippen LogP contribution in [-0.2, 0) is 6.54 Å². The zero-order valence-electron chi connectivity index (χ0n) is 11.4. The maximum atomic E-state index is 5.33. The maximum absolute atomic E-state index is 5.33. The molecule has 1 aromatic rings. The van der Waals surface area contributed by atoms with Gasteiger partial charge in [-0.2, -0.15) is 0 Å². The number of methoxy groups -OCH3 is 1. The van der Waals surface area contributed by atoms with Gasteiger partial charge in [0.1, 0.15) is 5.75 Å². The second-order valence-electron chi connectivity index (χ2n) is 4.45. The molecule has 3 heteroatoms. The Hall–Kier alpha value is -1.06. The van der Waals surface area contributed by atoms with Crippen molar-refractivity contribution in [1.82, 2.24) is 10.2 Å². The molecule has 0 aliphatic rings. The third kappa shape index (κ3) is 4.75. The first-order chi connectivity index (χ1) is 8.17. The lowest BCUT2D eigenvalue weighted by Gasteiger charge is -2.21. The van der Waals surface area contributed by atoms with Crippen molar-refractivity contribution in [3.63, 3.8) is 0 Å². The Morgan fingerprint density at radius 2 is 2.06 bits per heavy atom. The van der Waals surface area contributed by atoms with Gasteiger partial charge in [0.15, 0.2) is 0 Å². The van der Waals surface area contributed by atoms with E-state index in [0.29, 0.717) is 6.04 Å². The first-order valence-corrected chi connectivity index (χ1v) is 6.21. The highest BCUT2D eigenvalue weighted by Crippen LogP contribution is 2.16. The molecule has 1 aromatic carbocycles. The molecule has 0 amide bonds. The third-order valence-electron chi connectivity index (χ3n) is 2.96. The Balaban J connectivity index is 2.44. The Morgan fingerprint density at radius 1 is 1.35 bits per heavy atom.